The lowest BCUT2D eigenvalue weighted by Crippen LogP contribution is -2.16. The number of thioether (sulfide) groups is 1. The van der Waals surface area contributed by atoms with E-state index in [1.54, 1.807) is 6.26 Å². The number of carbonyl (C=O) groups is 1. The number of nitrogens with one attached hydrogen (secondary N) is 1. The van der Waals surface area contributed by atoms with Crippen molar-refractivity contribution >= 4 is 23.4 Å². The van der Waals surface area contributed by atoms with Crippen LogP contribution in [0.5, 0.6) is 5.75 Å². The molecule has 0 unspecified atom stereocenters. The van der Waals surface area contributed by atoms with Gasteiger partial charge in [-0.1, -0.05) is 37.7 Å². The van der Waals surface area contributed by atoms with Crippen LogP contribution in [0.2, 0.25) is 0 Å². The van der Waals surface area contributed by atoms with Crippen molar-refractivity contribution in [1.82, 2.24) is 14.8 Å². The Morgan fingerprint density at radius 3 is 2.79 bits per heavy atom. The number of hydrogen-bond donors (Lipinski definition) is 1. The van der Waals surface area contributed by atoms with Crippen molar-refractivity contribution in [2.75, 3.05) is 17.7 Å². The molecule has 0 aliphatic carbocycles. The highest BCUT2D eigenvalue weighted by molar-refractivity contribution is 7.99. The summed E-state index contributed by atoms with van der Waals surface area (Å²) < 4.78 is 13.0. The normalized spacial score (nSPS) is 11.0. The molecule has 3 rings (SSSR count). The summed E-state index contributed by atoms with van der Waals surface area (Å²) in [5.74, 6) is 2.48. The number of amides is 1. The van der Waals surface area contributed by atoms with Gasteiger partial charge in [-0.05, 0) is 37.1 Å². The summed E-state index contributed by atoms with van der Waals surface area (Å²) in [5.41, 5.74) is 0.662. The van der Waals surface area contributed by atoms with Crippen molar-refractivity contribution in [3.63, 3.8) is 0 Å². The molecule has 7 nitrogen and oxygen atoms in total. The average Bonchev–Trinajstić information content (AvgIpc) is 3.31. The van der Waals surface area contributed by atoms with Crippen LogP contribution in [-0.2, 0) is 11.3 Å². The third-order valence-corrected chi connectivity index (χ3v) is 4.77. The Balaban J connectivity index is 1.70. The molecule has 1 aromatic carbocycles. The van der Waals surface area contributed by atoms with Gasteiger partial charge in [0.1, 0.15) is 5.75 Å². The Kier molecular flexibility index (Phi) is 6.76. The molecule has 0 fully saturated rings. The van der Waals surface area contributed by atoms with Crippen LogP contribution in [0, 0.1) is 5.92 Å². The number of nitrogens with zero attached hydrogens (tertiary/aromatic N) is 3. The molecular weight excluding hydrogens is 376 g/mol. The van der Waals surface area contributed by atoms with E-state index in [9.17, 15) is 4.79 Å². The summed E-state index contributed by atoms with van der Waals surface area (Å²) >= 11 is 1.35. The van der Waals surface area contributed by atoms with E-state index in [1.807, 2.05) is 47.9 Å². The monoisotopic (exact) mass is 400 g/mol. The van der Waals surface area contributed by atoms with Crippen LogP contribution in [0.15, 0.2) is 52.2 Å². The predicted octanol–water partition coefficient (Wildman–Crippen LogP) is 4.32. The van der Waals surface area contributed by atoms with Gasteiger partial charge in [-0.2, -0.15) is 0 Å². The molecule has 28 heavy (non-hydrogen) atoms. The van der Waals surface area contributed by atoms with E-state index < -0.39 is 0 Å². The van der Waals surface area contributed by atoms with Crippen LogP contribution in [0.4, 0.5) is 5.69 Å². The molecule has 2 heterocycles. The zero-order valence-electron chi connectivity index (χ0n) is 16.2. The van der Waals surface area contributed by atoms with Gasteiger partial charge in [0.15, 0.2) is 16.7 Å². The van der Waals surface area contributed by atoms with E-state index >= 15 is 0 Å². The minimum atomic E-state index is -0.129. The lowest BCUT2D eigenvalue weighted by Gasteiger charge is -2.12. The van der Waals surface area contributed by atoms with E-state index in [2.05, 4.69) is 29.4 Å². The average molecular weight is 401 g/mol. The van der Waals surface area contributed by atoms with Crippen molar-refractivity contribution in [3.05, 3.63) is 42.7 Å². The van der Waals surface area contributed by atoms with Crippen molar-refractivity contribution in [2.24, 2.45) is 5.92 Å². The SMILES string of the molecule is CCOc1ccccc1NC(=O)CSc1nnc(-c2ccco2)n1CC(C)C. The van der Waals surface area contributed by atoms with Gasteiger partial charge < -0.3 is 14.5 Å². The van der Waals surface area contributed by atoms with Crippen LogP contribution >= 0.6 is 11.8 Å². The molecule has 8 heteroatoms. The summed E-state index contributed by atoms with van der Waals surface area (Å²) in [4.78, 5) is 12.4. The maximum Gasteiger partial charge on any atom is 0.234 e. The van der Waals surface area contributed by atoms with Gasteiger partial charge in [0.25, 0.3) is 0 Å². The van der Waals surface area contributed by atoms with Gasteiger partial charge in [0, 0.05) is 6.54 Å². The second-order valence-electron chi connectivity index (χ2n) is 6.55. The largest absolute Gasteiger partial charge is 0.492 e. The zero-order chi connectivity index (χ0) is 19.9. The zero-order valence-corrected chi connectivity index (χ0v) is 17.0. The smallest absolute Gasteiger partial charge is 0.234 e. The summed E-state index contributed by atoms with van der Waals surface area (Å²) in [6.07, 6.45) is 1.61. The van der Waals surface area contributed by atoms with E-state index in [0.29, 0.717) is 40.7 Å². The molecule has 0 radical (unpaired) electrons. The highest BCUT2D eigenvalue weighted by Crippen LogP contribution is 2.27. The van der Waals surface area contributed by atoms with Crippen LogP contribution in [-0.4, -0.2) is 33.0 Å². The topological polar surface area (TPSA) is 82.2 Å². The Bertz CT molecular complexity index is 906. The summed E-state index contributed by atoms with van der Waals surface area (Å²) in [7, 11) is 0. The molecule has 1 amide bonds. The fraction of sp³-hybridized carbons (Fsp3) is 0.350. The lowest BCUT2D eigenvalue weighted by atomic mass is 10.2. The predicted molar refractivity (Wildman–Crippen MR) is 110 cm³/mol. The Hall–Kier alpha value is -2.74. The van der Waals surface area contributed by atoms with E-state index in [-0.39, 0.29) is 11.7 Å². The Labute approximate surface area is 168 Å². The first-order valence-corrected chi connectivity index (χ1v) is 10.2. The van der Waals surface area contributed by atoms with Crippen LogP contribution in [0.1, 0.15) is 20.8 Å². The van der Waals surface area contributed by atoms with Crippen molar-refractivity contribution < 1.29 is 13.9 Å². The minimum absolute atomic E-state index is 0.129. The fourth-order valence-electron chi connectivity index (χ4n) is 2.68. The first-order valence-electron chi connectivity index (χ1n) is 9.20. The second-order valence-corrected chi connectivity index (χ2v) is 7.50. The third kappa shape index (κ3) is 4.95. The molecule has 0 atom stereocenters. The Morgan fingerprint density at radius 1 is 1.25 bits per heavy atom. The number of aromatic nitrogens is 3. The minimum Gasteiger partial charge on any atom is -0.492 e. The van der Waals surface area contributed by atoms with Crippen molar-refractivity contribution in [1.29, 1.82) is 0 Å². The van der Waals surface area contributed by atoms with Gasteiger partial charge in [-0.3, -0.25) is 9.36 Å². The molecule has 0 saturated heterocycles. The number of hydrogen-bond acceptors (Lipinski definition) is 6. The first-order chi connectivity index (χ1) is 13.6. The summed E-state index contributed by atoms with van der Waals surface area (Å²) in [6, 6.07) is 11.1. The lowest BCUT2D eigenvalue weighted by molar-refractivity contribution is -0.113. The van der Waals surface area contributed by atoms with Gasteiger partial charge in [0.05, 0.1) is 24.3 Å². The van der Waals surface area contributed by atoms with Crippen LogP contribution in [0.3, 0.4) is 0 Å². The fourth-order valence-corrected chi connectivity index (χ4v) is 3.43. The maximum absolute atomic E-state index is 12.4. The molecule has 3 aromatic rings. The quantitative estimate of drug-likeness (QED) is 0.539. The molecule has 0 saturated carbocycles. The van der Waals surface area contributed by atoms with Crippen LogP contribution in [0.25, 0.3) is 11.6 Å². The molecule has 148 valence electrons. The number of furan rings is 1. The second kappa shape index (κ2) is 9.45. The molecule has 0 spiro atoms. The van der Waals surface area contributed by atoms with E-state index in [0.717, 1.165) is 6.54 Å². The van der Waals surface area contributed by atoms with Crippen molar-refractivity contribution in [3.8, 4) is 17.3 Å². The van der Waals surface area contributed by atoms with Gasteiger partial charge in [-0.25, -0.2) is 0 Å². The molecular formula is C20H24N4O3S. The van der Waals surface area contributed by atoms with E-state index in [1.165, 1.54) is 11.8 Å². The standard InChI is InChI=1S/C20H24N4O3S/c1-4-26-16-9-6-5-8-15(16)21-18(25)13-28-20-23-22-19(17-10-7-11-27-17)24(20)12-14(2)3/h5-11,14H,4,12-13H2,1-3H3,(H,21,25). The summed E-state index contributed by atoms with van der Waals surface area (Å²) in [5, 5.41) is 12.1. The molecule has 2 aromatic heterocycles. The number of benzene rings is 1. The molecule has 1 N–H and O–H groups in total. The molecule has 0 aliphatic rings. The van der Waals surface area contributed by atoms with Crippen LogP contribution < -0.4 is 10.1 Å². The number of anilines is 1. The molecule has 0 aliphatic heterocycles. The number of rotatable bonds is 9. The third-order valence-electron chi connectivity index (χ3n) is 3.80. The number of ether oxygens (including phenoxy) is 1. The number of para-hydroxylation sites is 2. The van der Waals surface area contributed by atoms with Gasteiger partial charge >= 0.3 is 0 Å². The first kappa shape index (κ1) is 20.0. The van der Waals surface area contributed by atoms with Gasteiger partial charge in [-0.15, -0.1) is 10.2 Å². The molecule has 0 bridgehead atoms. The Morgan fingerprint density at radius 2 is 2.07 bits per heavy atom. The van der Waals surface area contributed by atoms with Gasteiger partial charge in [0.2, 0.25) is 5.91 Å². The number of carbonyl (C=O) groups excluding carboxylic acids is 1. The van der Waals surface area contributed by atoms with E-state index in [4.69, 9.17) is 9.15 Å². The highest BCUT2D eigenvalue weighted by atomic mass is 32.2. The summed E-state index contributed by atoms with van der Waals surface area (Å²) in [6.45, 7) is 7.43. The maximum atomic E-state index is 12.4. The highest BCUT2D eigenvalue weighted by Gasteiger charge is 2.18. The van der Waals surface area contributed by atoms with Crippen molar-refractivity contribution in [2.45, 2.75) is 32.5 Å².